The summed E-state index contributed by atoms with van der Waals surface area (Å²) < 4.78 is 19.1. The van der Waals surface area contributed by atoms with Crippen LogP contribution in [-0.4, -0.2) is 32.8 Å². The first-order valence-corrected chi connectivity index (χ1v) is 5.63. The number of nitrogens with two attached hydrogens (primary N) is 1. The molecule has 0 radical (unpaired) electrons. The van der Waals surface area contributed by atoms with Gasteiger partial charge in [-0.05, 0) is 24.6 Å². The van der Waals surface area contributed by atoms with Gasteiger partial charge in [-0.1, -0.05) is 12.1 Å². The van der Waals surface area contributed by atoms with E-state index in [9.17, 15) is 4.39 Å². The van der Waals surface area contributed by atoms with Crippen molar-refractivity contribution in [1.82, 2.24) is 0 Å². The average molecular weight is 224 g/mol. The monoisotopic (exact) mass is 224 g/mol. The fourth-order valence-corrected chi connectivity index (χ4v) is 2.06. The van der Waals surface area contributed by atoms with Crippen molar-refractivity contribution in [3.63, 3.8) is 0 Å². The maximum atomic E-state index is 13.8. The molecule has 1 heterocycles. The zero-order chi connectivity index (χ0) is 11.4. The molecule has 4 heteroatoms. The number of morpholine rings is 1. The Labute approximate surface area is 95.0 Å². The van der Waals surface area contributed by atoms with Crippen molar-refractivity contribution in [2.45, 2.75) is 6.42 Å². The van der Waals surface area contributed by atoms with Crippen LogP contribution in [0.4, 0.5) is 10.1 Å². The van der Waals surface area contributed by atoms with Crippen LogP contribution in [0, 0.1) is 5.82 Å². The van der Waals surface area contributed by atoms with Crippen molar-refractivity contribution in [2.24, 2.45) is 5.73 Å². The summed E-state index contributed by atoms with van der Waals surface area (Å²) in [6, 6.07) is 5.19. The predicted molar refractivity (Wildman–Crippen MR) is 62.2 cm³/mol. The number of halogens is 1. The third-order valence-corrected chi connectivity index (χ3v) is 2.81. The molecule has 1 aliphatic rings. The first-order valence-electron chi connectivity index (χ1n) is 5.63. The van der Waals surface area contributed by atoms with E-state index in [1.165, 1.54) is 6.07 Å². The van der Waals surface area contributed by atoms with Crippen LogP contribution in [-0.2, 0) is 11.2 Å². The van der Waals surface area contributed by atoms with Gasteiger partial charge in [-0.3, -0.25) is 0 Å². The molecule has 0 aromatic heterocycles. The van der Waals surface area contributed by atoms with Gasteiger partial charge >= 0.3 is 0 Å². The summed E-state index contributed by atoms with van der Waals surface area (Å²) in [7, 11) is 0. The SMILES string of the molecule is NCCc1cccc(F)c1N1CCOCC1. The quantitative estimate of drug-likeness (QED) is 0.837. The topological polar surface area (TPSA) is 38.5 Å². The molecule has 0 saturated carbocycles. The summed E-state index contributed by atoms with van der Waals surface area (Å²) in [5, 5.41) is 0. The number of hydrogen-bond donors (Lipinski definition) is 1. The molecule has 0 atom stereocenters. The normalized spacial score (nSPS) is 16.5. The van der Waals surface area contributed by atoms with E-state index in [1.54, 1.807) is 6.07 Å². The molecule has 2 N–H and O–H groups in total. The van der Waals surface area contributed by atoms with Gasteiger partial charge in [-0.15, -0.1) is 0 Å². The maximum Gasteiger partial charge on any atom is 0.146 e. The molecule has 0 unspecified atom stereocenters. The molecule has 1 aromatic carbocycles. The highest BCUT2D eigenvalue weighted by molar-refractivity contribution is 5.55. The largest absolute Gasteiger partial charge is 0.378 e. The second kappa shape index (κ2) is 5.27. The molecular formula is C12H17FN2O. The van der Waals surface area contributed by atoms with Crippen LogP contribution >= 0.6 is 0 Å². The lowest BCUT2D eigenvalue weighted by molar-refractivity contribution is 0.122. The highest BCUT2D eigenvalue weighted by atomic mass is 19.1. The first-order chi connectivity index (χ1) is 7.83. The van der Waals surface area contributed by atoms with Gasteiger partial charge in [0.15, 0.2) is 0 Å². The van der Waals surface area contributed by atoms with Crippen LogP contribution in [0.25, 0.3) is 0 Å². The first kappa shape index (κ1) is 11.4. The Bertz CT molecular complexity index is 351. The van der Waals surface area contributed by atoms with Crippen LogP contribution in [0.1, 0.15) is 5.56 Å². The fraction of sp³-hybridized carbons (Fsp3) is 0.500. The number of anilines is 1. The van der Waals surface area contributed by atoms with Crippen LogP contribution in [0.5, 0.6) is 0 Å². The number of benzene rings is 1. The zero-order valence-electron chi connectivity index (χ0n) is 9.29. The summed E-state index contributed by atoms with van der Waals surface area (Å²) in [5.41, 5.74) is 7.24. The molecule has 0 aliphatic carbocycles. The van der Waals surface area contributed by atoms with E-state index in [2.05, 4.69) is 0 Å². The van der Waals surface area contributed by atoms with Gasteiger partial charge in [-0.2, -0.15) is 0 Å². The Hall–Kier alpha value is -1.13. The molecule has 2 rings (SSSR count). The summed E-state index contributed by atoms with van der Waals surface area (Å²) in [6.45, 7) is 3.37. The molecule has 1 aromatic rings. The molecule has 1 fully saturated rings. The molecular weight excluding hydrogens is 207 g/mol. The smallest absolute Gasteiger partial charge is 0.146 e. The van der Waals surface area contributed by atoms with E-state index >= 15 is 0 Å². The summed E-state index contributed by atoms with van der Waals surface area (Å²) in [4.78, 5) is 2.05. The van der Waals surface area contributed by atoms with E-state index in [1.807, 2.05) is 11.0 Å². The Morgan fingerprint density at radius 1 is 1.31 bits per heavy atom. The lowest BCUT2D eigenvalue weighted by Gasteiger charge is -2.30. The molecule has 0 spiro atoms. The van der Waals surface area contributed by atoms with Gasteiger partial charge in [0.25, 0.3) is 0 Å². The lowest BCUT2D eigenvalue weighted by Crippen LogP contribution is -2.37. The van der Waals surface area contributed by atoms with Crippen molar-refractivity contribution >= 4 is 5.69 Å². The van der Waals surface area contributed by atoms with Crippen molar-refractivity contribution in [1.29, 1.82) is 0 Å². The number of nitrogens with zero attached hydrogens (tertiary/aromatic N) is 1. The minimum Gasteiger partial charge on any atom is -0.378 e. The number of hydrogen-bond acceptors (Lipinski definition) is 3. The predicted octanol–water partition coefficient (Wildman–Crippen LogP) is 1.16. The molecule has 1 aliphatic heterocycles. The maximum absolute atomic E-state index is 13.8. The van der Waals surface area contributed by atoms with Crippen molar-refractivity contribution in [3.05, 3.63) is 29.6 Å². The van der Waals surface area contributed by atoms with Gasteiger partial charge < -0.3 is 15.4 Å². The highest BCUT2D eigenvalue weighted by Gasteiger charge is 2.17. The second-order valence-electron chi connectivity index (χ2n) is 3.89. The summed E-state index contributed by atoms with van der Waals surface area (Å²) in [6.07, 6.45) is 0.713. The molecule has 88 valence electrons. The second-order valence-corrected chi connectivity index (χ2v) is 3.89. The molecule has 1 saturated heterocycles. The zero-order valence-corrected chi connectivity index (χ0v) is 9.29. The van der Waals surface area contributed by atoms with Crippen molar-refractivity contribution in [3.8, 4) is 0 Å². The highest BCUT2D eigenvalue weighted by Crippen LogP contribution is 2.25. The Balaban J connectivity index is 2.28. The van der Waals surface area contributed by atoms with Crippen LogP contribution in [0.3, 0.4) is 0 Å². The standard InChI is InChI=1S/C12H17FN2O/c13-11-3-1-2-10(4-5-14)12(11)15-6-8-16-9-7-15/h1-3H,4-9,14H2. The Morgan fingerprint density at radius 3 is 2.75 bits per heavy atom. The number of para-hydroxylation sites is 1. The van der Waals surface area contributed by atoms with Crippen LogP contribution in [0.15, 0.2) is 18.2 Å². The third kappa shape index (κ3) is 2.33. The van der Waals surface area contributed by atoms with E-state index in [-0.39, 0.29) is 5.82 Å². The molecule has 16 heavy (non-hydrogen) atoms. The third-order valence-electron chi connectivity index (χ3n) is 2.81. The summed E-state index contributed by atoms with van der Waals surface area (Å²) >= 11 is 0. The van der Waals surface area contributed by atoms with Crippen LogP contribution in [0.2, 0.25) is 0 Å². The fourth-order valence-electron chi connectivity index (χ4n) is 2.06. The van der Waals surface area contributed by atoms with E-state index in [0.29, 0.717) is 31.9 Å². The van der Waals surface area contributed by atoms with Gasteiger partial charge in [0.2, 0.25) is 0 Å². The minimum absolute atomic E-state index is 0.159. The van der Waals surface area contributed by atoms with Gasteiger partial charge in [0.05, 0.1) is 18.9 Å². The number of rotatable bonds is 3. The van der Waals surface area contributed by atoms with Gasteiger partial charge in [0, 0.05) is 13.1 Å². The summed E-state index contributed by atoms with van der Waals surface area (Å²) in [5.74, 6) is -0.159. The molecule has 3 nitrogen and oxygen atoms in total. The van der Waals surface area contributed by atoms with E-state index < -0.39 is 0 Å². The van der Waals surface area contributed by atoms with Crippen LogP contribution < -0.4 is 10.6 Å². The average Bonchev–Trinajstić information content (AvgIpc) is 2.31. The van der Waals surface area contributed by atoms with E-state index in [4.69, 9.17) is 10.5 Å². The van der Waals surface area contributed by atoms with E-state index in [0.717, 1.165) is 18.7 Å². The minimum atomic E-state index is -0.159. The van der Waals surface area contributed by atoms with Crippen molar-refractivity contribution in [2.75, 3.05) is 37.7 Å². The van der Waals surface area contributed by atoms with Crippen molar-refractivity contribution < 1.29 is 9.13 Å². The number of ether oxygens (including phenoxy) is 1. The van der Waals surface area contributed by atoms with Gasteiger partial charge in [-0.25, -0.2) is 4.39 Å². The Kier molecular flexibility index (Phi) is 3.74. The molecule has 0 bridgehead atoms. The van der Waals surface area contributed by atoms with Gasteiger partial charge in [0.1, 0.15) is 5.82 Å². The molecule has 0 amide bonds. The Morgan fingerprint density at radius 2 is 2.06 bits per heavy atom. The lowest BCUT2D eigenvalue weighted by atomic mass is 10.1.